The summed E-state index contributed by atoms with van der Waals surface area (Å²) >= 11 is 1.39. The largest absolute Gasteiger partial charge is 0.383 e. The van der Waals surface area contributed by atoms with E-state index in [-0.39, 0.29) is 10.5 Å². The maximum Gasteiger partial charge on any atom is 0.258 e. The van der Waals surface area contributed by atoms with Crippen molar-refractivity contribution in [2.75, 3.05) is 30.3 Å². The number of sulfonamides is 1. The van der Waals surface area contributed by atoms with Gasteiger partial charge in [-0.15, -0.1) is 11.3 Å². The van der Waals surface area contributed by atoms with Gasteiger partial charge in [0.15, 0.2) is 4.96 Å². The first-order valence-corrected chi connectivity index (χ1v) is 12.8. The highest BCUT2D eigenvalue weighted by atomic mass is 32.2. The fraction of sp³-hybridized carbons (Fsp3) is 0.429. The fourth-order valence-electron chi connectivity index (χ4n) is 3.26. The minimum absolute atomic E-state index is 0.137. The summed E-state index contributed by atoms with van der Waals surface area (Å²) in [5.41, 5.74) is 1.95. The number of benzene rings is 1. The van der Waals surface area contributed by atoms with E-state index in [1.165, 1.54) is 26.1 Å². The van der Waals surface area contributed by atoms with Crippen LogP contribution in [0, 0.1) is 0 Å². The van der Waals surface area contributed by atoms with Gasteiger partial charge in [-0.3, -0.25) is 9.20 Å². The lowest BCUT2D eigenvalue weighted by atomic mass is 10.2. The Hall–Kier alpha value is -2.43. The molecule has 0 bridgehead atoms. The molecule has 0 atom stereocenters. The Balaban J connectivity index is 1.91. The smallest absolute Gasteiger partial charge is 0.258 e. The van der Waals surface area contributed by atoms with Crippen LogP contribution in [0.4, 0.5) is 11.4 Å². The van der Waals surface area contributed by atoms with Gasteiger partial charge in [-0.1, -0.05) is 27.2 Å². The molecule has 2 aromatic heterocycles. The van der Waals surface area contributed by atoms with Gasteiger partial charge in [0, 0.05) is 37.3 Å². The molecule has 10 heteroatoms. The van der Waals surface area contributed by atoms with E-state index in [0.29, 0.717) is 36.0 Å². The lowest BCUT2D eigenvalue weighted by Crippen LogP contribution is -2.30. The standard InChI is InChI=1S/C21H29N5O3S2/c1-4-7-10-22-18-9-8-17(31(28,29)25(5-2)6-3)14-19(18)23-15-16-13-20(27)26-11-12-30-21(26)24-16/h8-9,11-14,22-23H,4-7,10,15H2,1-3H3. The van der Waals surface area contributed by atoms with Gasteiger partial charge in [-0.25, -0.2) is 13.4 Å². The van der Waals surface area contributed by atoms with E-state index in [1.54, 1.807) is 24.4 Å². The van der Waals surface area contributed by atoms with Gasteiger partial charge in [0.1, 0.15) is 0 Å². The van der Waals surface area contributed by atoms with Gasteiger partial charge in [0.05, 0.1) is 28.5 Å². The molecule has 3 rings (SSSR count). The summed E-state index contributed by atoms with van der Waals surface area (Å²) in [5.74, 6) is 0. The minimum atomic E-state index is -3.58. The van der Waals surface area contributed by atoms with Gasteiger partial charge in [-0.05, 0) is 24.6 Å². The number of fused-ring (bicyclic) bond motifs is 1. The third-order valence-electron chi connectivity index (χ3n) is 5.00. The van der Waals surface area contributed by atoms with E-state index in [1.807, 2.05) is 19.2 Å². The van der Waals surface area contributed by atoms with Crippen LogP contribution >= 0.6 is 11.3 Å². The molecule has 3 aromatic rings. The molecule has 0 saturated carbocycles. The van der Waals surface area contributed by atoms with Crippen molar-refractivity contribution in [2.45, 2.75) is 45.1 Å². The van der Waals surface area contributed by atoms with E-state index in [9.17, 15) is 13.2 Å². The molecule has 0 radical (unpaired) electrons. The fourth-order valence-corrected chi connectivity index (χ4v) is 5.48. The van der Waals surface area contributed by atoms with E-state index in [2.05, 4.69) is 22.5 Å². The van der Waals surface area contributed by atoms with Crippen molar-refractivity contribution in [3.05, 3.63) is 51.9 Å². The maximum absolute atomic E-state index is 13.0. The molecule has 0 unspecified atom stereocenters. The van der Waals surface area contributed by atoms with E-state index >= 15 is 0 Å². The van der Waals surface area contributed by atoms with E-state index < -0.39 is 10.0 Å². The maximum atomic E-state index is 13.0. The third-order valence-corrected chi connectivity index (χ3v) is 7.80. The van der Waals surface area contributed by atoms with Crippen LogP contribution in [0.5, 0.6) is 0 Å². The van der Waals surface area contributed by atoms with Crippen LogP contribution < -0.4 is 16.2 Å². The SMILES string of the molecule is CCCCNc1ccc(S(=O)(=O)N(CC)CC)cc1NCc1cc(=O)n2ccsc2n1. The summed E-state index contributed by atoms with van der Waals surface area (Å²) in [6.45, 7) is 7.68. The Labute approximate surface area is 187 Å². The average molecular weight is 464 g/mol. The lowest BCUT2D eigenvalue weighted by molar-refractivity contribution is 0.445. The number of unbranched alkanes of at least 4 members (excludes halogenated alkanes) is 1. The van der Waals surface area contributed by atoms with E-state index in [4.69, 9.17) is 0 Å². The summed E-state index contributed by atoms with van der Waals surface area (Å²) in [7, 11) is -3.58. The second-order valence-electron chi connectivity index (χ2n) is 7.07. The quantitative estimate of drug-likeness (QED) is 0.422. The Morgan fingerprint density at radius 3 is 2.58 bits per heavy atom. The van der Waals surface area contributed by atoms with Crippen molar-refractivity contribution < 1.29 is 8.42 Å². The minimum Gasteiger partial charge on any atom is -0.383 e. The predicted octanol–water partition coefficient (Wildman–Crippen LogP) is 3.61. The number of anilines is 2. The molecular formula is C21H29N5O3S2. The highest BCUT2D eigenvalue weighted by Gasteiger charge is 2.22. The molecule has 8 nitrogen and oxygen atoms in total. The first-order chi connectivity index (χ1) is 14.9. The van der Waals surface area contributed by atoms with Crippen LogP contribution in [-0.2, 0) is 16.6 Å². The molecule has 2 N–H and O–H groups in total. The summed E-state index contributed by atoms with van der Waals surface area (Å²) < 4.78 is 28.9. The first kappa shape index (κ1) is 23.2. The highest BCUT2D eigenvalue weighted by molar-refractivity contribution is 7.89. The summed E-state index contributed by atoms with van der Waals surface area (Å²) in [4.78, 5) is 17.6. The molecule has 2 heterocycles. The Bertz CT molecular complexity index is 1180. The van der Waals surface area contributed by atoms with Gasteiger partial charge >= 0.3 is 0 Å². The second kappa shape index (κ2) is 10.3. The number of rotatable bonds is 11. The Morgan fingerprint density at radius 2 is 1.87 bits per heavy atom. The van der Waals surface area contributed by atoms with Crippen molar-refractivity contribution >= 4 is 37.7 Å². The summed E-state index contributed by atoms with van der Waals surface area (Å²) in [5, 5.41) is 8.46. The monoisotopic (exact) mass is 463 g/mol. The molecule has 0 amide bonds. The van der Waals surface area contributed by atoms with Crippen molar-refractivity contribution in [1.29, 1.82) is 0 Å². The number of aromatic nitrogens is 2. The van der Waals surface area contributed by atoms with Crippen molar-refractivity contribution in [2.24, 2.45) is 0 Å². The molecule has 31 heavy (non-hydrogen) atoms. The highest BCUT2D eigenvalue weighted by Crippen LogP contribution is 2.28. The van der Waals surface area contributed by atoms with Crippen LogP contribution in [0.15, 0.2) is 45.5 Å². The number of nitrogens with zero attached hydrogens (tertiary/aromatic N) is 3. The van der Waals surface area contributed by atoms with Gasteiger partial charge in [0.2, 0.25) is 10.0 Å². The molecule has 0 saturated heterocycles. The summed E-state index contributed by atoms with van der Waals surface area (Å²) in [6.07, 6.45) is 3.76. The summed E-state index contributed by atoms with van der Waals surface area (Å²) in [6, 6.07) is 6.57. The lowest BCUT2D eigenvalue weighted by Gasteiger charge is -2.20. The van der Waals surface area contributed by atoms with E-state index in [0.717, 1.165) is 25.1 Å². The van der Waals surface area contributed by atoms with Crippen LogP contribution in [0.2, 0.25) is 0 Å². The molecule has 0 aliphatic rings. The van der Waals surface area contributed by atoms with Gasteiger partial charge in [0.25, 0.3) is 5.56 Å². The van der Waals surface area contributed by atoms with Crippen LogP contribution in [0.3, 0.4) is 0 Å². The number of thiazole rings is 1. The van der Waals surface area contributed by atoms with Crippen molar-refractivity contribution in [3.8, 4) is 0 Å². The zero-order valence-corrected chi connectivity index (χ0v) is 19.7. The predicted molar refractivity (Wildman–Crippen MR) is 127 cm³/mol. The number of hydrogen-bond donors (Lipinski definition) is 2. The van der Waals surface area contributed by atoms with Crippen LogP contribution in [0.25, 0.3) is 4.96 Å². The Morgan fingerprint density at radius 1 is 1.10 bits per heavy atom. The molecule has 0 aliphatic carbocycles. The number of nitrogens with one attached hydrogen (secondary N) is 2. The molecule has 168 valence electrons. The molecule has 0 aliphatic heterocycles. The van der Waals surface area contributed by atoms with Crippen molar-refractivity contribution in [1.82, 2.24) is 13.7 Å². The molecular weight excluding hydrogens is 434 g/mol. The average Bonchev–Trinajstić information content (AvgIpc) is 3.23. The molecule has 1 aromatic carbocycles. The molecule has 0 spiro atoms. The van der Waals surface area contributed by atoms with Crippen LogP contribution in [0.1, 0.15) is 39.3 Å². The zero-order chi connectivity index (χ0) is 22.4. The topological polar surface area (TPSA) is 95.8 Å². The van der Waals surface area contributed by atoms with Crippen molar-refractivity contribution in [3.63, 3.8) is 0 Å². The normalized spacial score (nSPS) is 11.9. The van der Waals surface area contributed by atoms with Crippen LogP contribution in [-0.4, -0.2) is 41.7 Å². The zero-order valence-electron chi connectivity index (χ0n) is 18.1. The Kier molecular flexibility index (Phi) is 7.69. The number of hydrogen-bond acceptors (Lipinski definition) is 7. The van der Waals surface area contributed by atoms with Gasteiger partial charge < -0.3 is 10.6 Å². The first-order valence-electron chi connectivity index (χ1n) is 10.5. The molecule has 0 fully saturated rings. The second-order valence-corrected chi connectivity index (χ2v) is 9.88. The third kappa shape index (κ3) is 5.25. The van der Waals surface area contributed by atoms with Gasteiger partial charge in [-0.2, -0.15) is 4.31 Å².